The lowest BCUT2D eigenvalue weighted by atomic mass is 10.0. The molecule has 1 unspecified atom stereocenters. The van der Waals surface area contributed by atoms with Crippen LogP contribution in [0.1, 0.15) is 12.8 Å². The largest absolute Gasteiger partial charge is 0.490 e. The first-order valence-electron chi connectivity index (χ1n) is 6.30. The molecule has 1 aromatic rings. The molecule has 1 saturated carbocycles. The highest BCUT2D eigenvalue weighted by molar-refractivity contribution is 6.33. The summed E-state index contributed by atoms with van der Waals surface area (Å²) in [4.78, 5) is 3.34. The minimum Gasteiger partial charge on any atom is -0.490 e. The van der Waals surface area contributed by atoms with E-state index in [2.05, 4.69) is 10.2 Å². The minimum atomic E-state index is 0.303. The van der Waals surface area contributed by atoms with E-state index >= 15 is 0 Å². The second-order valence-corrected chi connectivity index (χ2v) is 5.52. The van der Waals surface area contributed by atoms with Crippen molar-refractivity contribution in [3.05, 3.63) is 34.6 Å². The lowest BCUT2D eigenvalue weighted by Crippen LogP contribution is -2.18. The van der Waals surface area contributed by atoms with Crippen LogP contribution in [0, 0.1) is 18.4 Å². The number of rotatable bonds is 2. The van der Waals surface area contributed by atoms with E-state index < -0.39 is 0 Å². The van der Waals surface area contributed by atoms with Gasteiger partial charge in [0.2, 0.25) is 5.69 Å². The number of fused-ring (bicyclic) bond motifs is 1. The van der Waals surface area contributed by atoms with Crippen molar-refractivity contribution in [1.29, 1.82) is 0 Å². The summed E-state index contributed by atoms with van der Waals surface area (Å²) in [5.41, 5.74) is 0.483. The monoisotopic (exact) mass is 262 g/mol. The van der Waals surface area contributed by atoms with Crippen LogP contribution in [0.4, 0.5) is 5.69 Å². The maximum absolute atomic E-state index is 6.96. The molecule has 0 aromatic heterocycles. The Labute approximate surface area is 112 Å². The first-order valence-corrected chi connectivity index (χ1v) is 6.68. The predicted molar refractivity (Wildman–Crippen MR) is 71.2 cm³/mol. The average molecular weight is 263 g/mol. The zero-order chi connectivity index (χ0) is 12.5. The summed E-state index contributed by atoms with van der Waals surface area (Å²) in [7, 11) is 0. The molecule has 4 heteroatoms. The Morgan fingerprint density at radius 3 is 2.61 bits per heavy atom. The molecule has 2 aliphatic rings. The maximum atomic E-state index is 6.96. The molecule has 1 heterocycles. The Balaban J connectivity index is 1.67. The molecule has 1 aliphatic carbocycles. The maximum Gasteiger partial charge on any atom is 0.205 e. The molecular formula is C14H15ClN2O. The first-order chi connectivity index (χ1) is 8.76. The number of benzene rings is 1. The van der Waals surface area contributed by atoms with Crippen LogP contribution >= 0.6 is 11.6 Å². The van der Waals surface area contributed by atoms with Gasteiger partial charge in [-0.25, -0.2) is 4.85 Å². The normalized spacial score (nSPS) is 29.9. The highest BCUT2D eigenvalue weighted by atomic mass is 35.5. The van der Waals surface area contributed by atoms with Gasteiger partial charge in [0.15, 0.2) is 0 Å². The molecule has 1 N–H and O–H groups in total. The van der Waals surface area contributed by atoms with Gasteiger partial charge in [0.05, 0.1) is 17.7 Å². The van der Waals surface area contributed by atoms with E-state index in [-0.39, 0.29) is 0 Å². The lowest BCUT2D eigenvalue weighted by Gasteiger charge is -2.15. The van der Waals surface area contributed by atoms with Crippen LogP contribution in [-0.2, 0) is 0 Å². The van der Waals surface area contributed by atoms with Crippen molar-refractivity contribution in [3.63, 3.8) is 0 Å². The topological polar surface area (TPSA) is 25.6 Å². The number of nitrogens with zero attached hydrogens (tertiary/aromatic N) is 1. The number of hydrogen-bond donors (Lipinski definition) is 1. The Morgan fingerprint density at radius 1 is 1.28 bits per heavy atom. The van der Waals surface area contributed by atoms with E-state index in [9.17, 15) is 0 Å². The van der Waals surface area contributed by atoms with Crippen LogP contribution in [0.3, 0.4) is 0 Å². The summed E-state index contributed by atoms with van der Waals surface area (Å²) in [6.45, 7) is 9.21. The molecular weight excluding hydrogens is 248 g/mol. The predicted octanol–water partition coefficient (Wildman–Crippen LogP) is 3.27. The number of halogens is 1. The van der Waals surface area contributed by atoms with Crippen molar-refractivity contribution >= 4 is 17.3 Å². The molecule has 94 valence electrons. The van der Waals surface area contributed by atoms with Gasteiger partial charge in [-0.1, -0.05) is 17.7 Å². The Morgan fingerprint density at radius 2 is 2.00 bits per heavy atom. The third-order valence-corrected chi connectivity index (χ3v) is 4.26. The van der Waals surface area contributed by atoms with Crippen LogP contribution < -0.4 is 10.1 Å². The van der Waals surface area contributed by atoms with Gasteiger partial charge in [0.1, 0.15) is 5.75 Å². The van der Waals surface area contributed by atoms with E-state index in [0.29, 0.717) is 16.8 Å². The fourth-order valence-corrected chi connectivity index (χ4v) is 3.26. The van der Waals surface area contributed by atoms with E-state index in [4.69, 9.17) is 22.9 Å². The number of hydrogen-bond acceptors (Lipinski definition) is 2. The molecule has 3 nitrogen and oxygen atoms in total. The molecule has 1 aromatic carbocycles. The zero-order valence-electron chi connectivity index (χ0n) is 10.0. The van der Waals surface area contributed by atoms with Gasteiger partial charge in [0.25, 0.3) is 0 Å². The number of nitrogens with one attached hydrogen (secondary N) is 1. The van der Waals surface area contributed by atoms with E-state index in [1.54, 1.807) is 12.1 Å². The van der Waals surface area contributed by atoms with Gasteiger partial charge in [-0.2, -0.15) is 0 Å². The highest BCUT2D eigenvalue weighted by Gasteiger charge is 2.38. The number of ether oxygens (including phenoxy) is 1. The van der Waals surface area contributed by atoms with Gasteiger partial charge in [-0.3, -0.25) is 0 Å². The molecule has 3 atom stereocenters. The second-order valence-electron chi connectivity index (χ2n) is 5.11. The summed E-state index contributed by atoms with van der Waals surface area (Å²) in [6, 6.07) is 5.31. The van der Waals surface area contributed by atoms with Crippen LogP contribution in [0.25, 0.3) is 4.85 Å². The third kappa shape index (κ3) is 2.19. The van der Waals surface area contributed by atoms with Crippen molar-refractivity contribution < 1.29 is 4.74 Å². The molecule has 0 spiro atoms. The van der Waals surface area contributed by atoms with Crippen LogP contribution in [-0.4, -0.2) is 19.2 Å². The summed E-state index contributed by atoms with van der Waals surface area (Å²) in [5, 5.41) is 3.90. The summed E-state index contributed by atoms with van der Waals surface area (Å²) in [6.07, 6.45) is 2.55. The van der Waals surface area contributed by atoms with Gasteiger partial charge >= 0.3 is 0 Å². The van der Waals surface area contributed by atoms with Crippen LogP contribution in [0.2, 0.25) is 5.02 Å². The van der Waals surface area contributed by atoms with Crippen LogP contribution in [0.15, 0.2) is 18.2 Å². The van der Waals surface area contributed by atoms with E-state index in [1.165, 1.54) is 0 Å². The SMILES string of the molecule is [C-]#[N+]c1ccc(OC2C[C@H]3CNC[C@H]3C2)cc1Cl. The highest BCUT2D eigenvalue weighted by Crippen LogP contribution is 2.37. The quantitative estimate of drug-likeness (QED) is 0.828. The van der Waals surface area contributed by atoms with Gasteiger partial charge in [0, 0.05) is 0 Å². The molecule has 1 saturated heterocycles. The van der Waals surface area contributed by atoms with E-state index in [0.717, 1.165) is 43.5 Å². The molecule has 0 amide bonds. The smallest absolute Gasteiger partial charge is 0.205 e. The van der Waals surface area contributed by atoms with Crippen molar-refractivity contribution in [3.8, 4) is 5.75 Å². The molecule has 1 aliphatic heterocycles. The fourth-order valence-electron chi connectivity index (χ4n) is 3.05. The molecule has 0 radical (unpaired) electrons. The van der Waals surface area contributed by atoms with E-state index in [1.807, 2.05) is 6.07 Å². The van der Waals surface area contributed by atoms with Gasteiger partial charge < -0.3 is 10.1 Å². The standard InChI is InChI=1S/C14H15ClN2O/c1-16-14-3-2-11(6-13(14)15)18-12-4-9-7-17-8-10(9)5-12/h2-3,6,9-10,12,17H,4-5,7-8H2/t9-,10+,12?. The lowest BCUT2D eigenvalue weighted by molar-refractivity contribution is 0.199. The molecule has 2 fully saturated rings. The van der Waals surface area contributed by atoms with Crippen molar-refractivity contribution in [1.82, 2.24) is 5.32 Å². The van der Waals surface area contributed by atoms with Gasteiger partial charge in [-0.05, 0) is 49.9 Å². The van der Waals surface area contributed by atoms with Crippen LogP contribution in [0.5, 0.6) is 5.75 Å². The van der Waals surface area contributed by atoms with Crippen molar-refractivity contribution in [2.75, 3.05) is 13.1 Å². The van der Waals surface area contributed by atoms with Gasteiger partial charge in [-0.15, -0.1) is 0 Å². The summed E-state index contributed by atoms with van der Waals surface area (Å²) < 4.78 is 5.98. The fraction of sp³-hybridized carbons (Fsp3) is 0.500. The zero-order valence-corrected chi connectivity index (χ0v) is 10.8. The van der Waals surface area contributed by atoms with Crippen molar-refractivity contribution in [2.24, 2.45) is 11.8 Å². The Bertz CT molecular complexity index is 485. The average Bonchev–Trinajstić information content (AvgIpc) is 2.90. The third-order valence-electron chi connectivity index (χ3n) is 3.95. The van der Waals surface area contributed by atoms with Crippen molar-refractivity contribution in [2.45, 2.75) is 18.9 Å². The first kappa shape index (κ1) is 11.8. The summed E-state index contributed by atoms with van der Waals surface area (Å²) in [5.74, 6) is 2.33. The minimum absolute atomic E-state index is 0.303. The molecule has 18 heavy (non-hydrogen) atoms. The molecule has 0 bridgehead atoms. The molecule has 3 rings (SSSR count). The Hall–Kier alpha value is -1.24. The second kappa shape index (κ2) is 4.79. The Kier molecular flexibility index (Phi) is 3.15. The summed E-state index contributed by atoms with van der Waals surface area (Å²) >= 11 is 6.01.